The zero-order chi connectivity index (χ0) is 19.5. The Kier molecular flexibility index (Phi) is 5.03. The van der Waals surface area contributed by atoms with Gasteiger partial charge in [-0.05, 0) is 29.8 Å². The largest absolute Gasteiger partial charge is 0.497 e. The Balaban J connectivity index is 1.59. The van der Waals surface area contributed by atoms with Gasteiger partial charge in [-0.25, -0.2) is 4.79 Å². The highest BCUT2D eigenvalue weighted by Crippen LogP contribution is 2.32. The third-order valence-corrected chi connectivity index (χ3v) is 5.00. The van der Waals surface area contributed by atoms with Crippen molar-refractivity contribution in [2.75, 3.05) is 14.2 Å². The van der Waals surface area contributed by atoms with Crippen molar-refractivity contribution in [3.63, 3.8) is 0 Å². The molecular weight excluding hydrogens is 380 g/mol. The molecule has 2 aromatic carbocycles. The summed E-state index contributed by atoms with van der Waals surface area (Å²) in [6.45, 7) is 0. The summed E-state index contributed by atoms with van der Waals surface area (Å²) in [5.41, 5.74) is 1.59. The predicted octanol–water partition coefficient (Wildman–Crippen LogP) is 4.15. The first kappa shape index (κ1) is 18.1. The zero-order valence-corrected chi connectivity index (χ0v) is 16.0. The molecule has 2 aromatic heterocycles. The fourth-order valence-corrected chi connectivity index (χ4v) is 3.55. The molecule has 0 spiro atoms. The maximum absolute atomic E-state index is 11.9. The van der Waals surface area contributed by atoms with E-state index in [0.29, 0.717) is 33.9 Å². The summed E-state index contributed by atoms with van der Waals surface area (Å²) in [6.07, 6.45) is 0. The van der Waals surface area contributed by atoms with E-state index in [9.17, 15) is 4.79 Å². The first-order valence-corrected chi connectivity index (χ1v) is 9.37. The highest BCUT2D eigenvalue weighted by Gasteiger charge is 2.14. The number of para-hydroxylation sites is 1. The molecule has 4 aromatic rings. The maximum atomic E-state index is 11.9. The van der Waals surface area contributed by atoms with Gasteiger partial charge in [0.15, 0.2) is 0 Å². The van der Waals surface area contributed by atoms with Gasteiger partial charge in [0.05, 0.1) is 19.8 Å². The van der Waals surface area contributed by atoms with Crippen molar-refractivity contribution >= 4 is 22.7 Å². The molecule has 0 amide bonds. The smallest absolute Gasteiger partial charge is 0.336 e. The lowest BCUT2D eigenvalue weighted by molar-refractivity contribution is 0.411. The summed E-state index contributed by atoms with van der Waals surface area (Å²) < 4.78 is 21.5. The standard InChI is InChI=1S/C20H16N2O5S/c1-24-13-7-8-14-12(9-18(23)26-17(14)10-13)11-28-20-22-21-19(27-20)15-5-3-4-6-16(15)25-2/h3-10H,11H2,1-2H3. The molecule has 28 heavy (non-hydrogen) atoms. The van der Waals surface area contributed by atoms with Gasteiger partial charge in [0, 0.05) is 23.3 Å². The first-order chi connectivity index (χ1) is 13.7. The number of hydrogen-bond acceptors (Lipinski definition) is 8. The molecule has 0 aliphatic heterocycles. The van der Waals surface area contributed by atoms with E-state index < -0.39 is 5.63 Å². The molecule has 4 rings (SSSR count). The third kappa shape index (κ3) is 3.59. The fourth-order valence-electron chi connectivity index (χ4n) is 2.79. The number of nitrogens with zero attached hydrogens (tertiary/aromatic N) is 2. The number of thioether (sulfide) groups is 1. The van der Waals surface area contributed by atoms with Crippen LogP contribution in [0.3, 0.4) is 0 Å². The summed E-state index contributed by atoms with van der Waals surface area (Å²) in [7, 11) is 3.15. The highest BCUT2D eigenvalue weighted by molar-refractivity contribution is 7.98. The van der Waals surface area contributed by atoms with E-state index in [1.807, 2.05) is 36.4 Å². The second-order valence-electron chi connectivity index (χ2n) is 5.81. The number of methoxy groups -OCH3 is 2. The normalized spacial score (nSPS) is 10.9. The van der Waals surface area contributed by atoms with Crippen molar-refractivity contribution in [1.29, 1.82) is 0 Å². The van der Waals surface area contributed by atoms with Crippen molar-refractivity contribution in [2.45, 2.75) is 11.0 Å². The van der Waals surface area contributed by atoms with Crippen LogP contribution < -0.4 is 15.1 Å². The molecule has 8 heteroatoms. The molecule has 0 saturated carbocycles. The molecule has 0 aliphatic rings. The van der Waals surface area contributed by atoms with Crippen LogP contribution in [0.25, 0.3) is 22.4 Å². The van der Waals surface area contributed by atoms with E-state index in [4.69, 9.17) is 18.3 Å². The molecule has 0 atom stereocenters. The minimum absolute atomic E-state index is 0.377. The number of benzene rings is 2. The van der Waals surface area contributed by atoms with Gasteiger partial charge in [-0.2, -0.15) is 0 Å². The Hall–Kier alpha value is -3.26. The molecule has 7 nitrogen and oxygen atoms in total. The van der Waals surface area contributed by atoms with Crippen LogP contribution in [0.2, 0.25) is 0 Å². The van der Waals surface area contributed by atoms with E-state index in [0.717, 1.165) is 16.5 Å². The Morgan fingerprint density at radius 1 is 1.00 bits per heavy atom. The van der Waals surface area contributed by atoms with Crippen molar-refractivity contribution < 1.29 is 18.3 Å². The Morgan fingerprint density at radius 3 is 2.68 bits per heavy atom. The van der Waals surface area contributed by atoms with Crippen LogP contribution in [0.15, 0.2) is 67.4 Å². The molecule has 0 unspecified atom stereocenters. The average Bonchev–Trinajstić information content (AvgIpc) is 3.20. The topological polar surface area (TPSA) is 87.6 Å². The van der Waals surface area contributed by atoms with Crippen LogP contribution in [-0.4, -0.2) is 24.4 Å². The van der Waals surface area contributed by atoms with Crippen LogP contribution >= 0.6 is 11.8 Å². The first-order valence-electron chi connectivity index (χ1n) is 8.38. The van der Waals surface area contributed by atoms with Gasteiger partial charge >= 0.3 is 5.63 Å². The molecule has 0 N–H and O–H groups in total. The summed E-state index contributed by atoms with van der Waals surface area (Å²) in [4.78, 5) is 11.9. The van der Waals surface area contributed by atoms with Gasteiger partial charge < -0.3 is 18.3 Å². The van der Waals surface area contributed by atoms with Crippen LogP contribution in [0.1, 0.15) is 5.56 Å². The van der Waals surface area contributed by atoms with Crippen molar-refractivity contribution in [3.05, 3.63) is 64.5 Å². The van der Waals surface area contributed by atoms with Crippen molar-refractivity contribution in [3.8, 4) is 23.0 Å². The van der Waals surface area contributed by atoms with Crippen molar-refractivity contribution in [1.82, 2.24) is 10.2 Å². The van der Waals surface area contributed by atoms with Gasteiger partial charge in [0.25, 0.3) is 11.1 Å². The van der Waals surface area contributed by atoms with Crippen molar-refractivity contribution in [2.24, 2.45) is 0 Å². The second kappa shape index (κ2) is 7.77. The summed E-state index contributed by atoms with van der Waals surface area (Å²) in [5.74, 6) is 2.13. The molecule has 2 heterocycles. The van der Waals surface area contributed by atoms with Gasteiger partial charge in [-0.3, -0.25) is 0 Å². The fraction of sp³-hybridized carbons (Fsp3) is 0.150. The molecule has 0 radical (unpaired) electrons. The number of hydrogen-bond donors (Lipinski definition) is 0. The minimum Gasteiger partial charge on any atom is -0.497 e. The molecule has 0 aliphatic carbocycles. The van der Waals surface area contributed by atoms with E-state index in [1.54, 1.807) is 20.3 Å². The Labute approximate surface area is 164 Å². The lowest BCUT2D eigenvalue weighted by atomic mass is 10.1. The van der Waals surface area contributed by atoms with E-state index in [2.05, 4.69) is 10.2 Å². The number of rotatable bonds is 6. The van der Waals surface area contributed by atoms with E-state index >= 15 is 0 Å². The van der Waals surface area contributed by atoms with Gasteiger partial charge in [0.1, 0.15) is 17.1 Å². The SMILES string of the molecule is COc1ccc2c(CSc3nnc(-c4ccccc4OC)o3)cc(=O)oc2c1. The predicted molar refractivity (Wildman–Crippen MR) is 105 cm³/mol. The molecule has 0 saturated heterocycles. The van der Waals surface area contributed by atoms with Gasteiger partial charge in [-0.15, -0.1) is 10.2 Å². The van der Waals surface area contributed by atoms with Crippen LogP contribution in [0.5, 0.6) is 11.5 Å². The summed E-state index contributed by atoms with van der Waals surface area (Å²) >= 11 is 1.34. The summed E-state index contributed by atoms with van der Waals surface area (Å²) in [5, 5.41) is 9.41. The number of ether oxygens (including phenoxy) is 2. The Morgan fingerprint density at radius 2 is 1.86 bits per heavy atom. The quantitative estimate of drug-likeness (QED) is 0.355. The van der Waals surface area contributed by atoms with E-state index in [-0.39, 0.29) is 0 Å². The summed E-state index contributed by atoms with van der Waals surface area (Å²) in [6, 6.07) is 14.3. The van der Waals surface area contributed by atoms with Crippen LogP contribution in [0, 0.1) is 0 Å². The van der Waals surface area contributed by atoms with Crippen LogP contribution in [-0.2, 0) is 5.75 Å². The zero-order valence-electron chi connectivity index (χ0n) is 15.2. The lowest BCUT2D eigenvalue weighted by Gasteiger charge is -2.05. The van der Waals surface area contributed by atoms with Gasteiger partial charge in [0.2, 0.25) is 0 Å². The second-order valence-corrected chi connectivity index (χ2v) is 6.74. The molecular formula is C20H16N2O5S. The Bertz CT molecular complexity index is 1180. The number of fused-ring (bicyclic) bond motifs is 1. The number of aromatic nitrogens is 2. The maximum Gasteiger partial charge on any atom is 0.336 e. The van der Waals surface area contributed by atoms with Gasteiger partial charge in [-0.1, -0.05) is 23.9 Å². The third-order valence-electron chi connectivity index (χ3n) is 4.13. The molecule has 0 bridgehead atoms. The average molecular weight is 396 g/mol. The van der Waals surface area contributed by atoms with Crippen LogP contribution in [0.4, 0.5) is 0 Å². The lowest BCUT2D eigenvalue weighted by Crippen LogP contribution is -2.00. The minimum atomic E-state index is -0.420. The molecule has 0 fully saturated rings. The monoisotopic (exact) mass is 396 g/mol. The highest BCUT2D eigenvalue weighted by atomic mass is 32.2. The van der Waals surface area contributed by atoms with E-state index in [1.165, 1.54) is 17.8 Å². The molecule has 142 valence electrons.